The first kappa shape index (κ1) is 11.2. The highest BCUT2D eigenvalue weighted by Crippen LogP contribution is 2.32. The molecule has 2 heteroatoms. The minimum atomic E-state index is -0.192. The van der Waals surface area contributed by atoms with Crippen molar-refractivity contribution in [1.29, 1.82) is 0 Å². The zero-order chi connectivity index (χ0) is 13.5. The number of hydrogen-bond donors (Lipinski definition) is 0. The van der Waals surface area contributed by atoms with Gasteiger partial charge in [0.2, 0.25) is 0 Å². The van der Waals surface area contributed by atoms with E-state index in [9.17, 15) is 4.39 Å². The maximum Gasteiger partial charge on any atom is 0.147 e. The Morgan fingerprint density at radius 3 is 2.20 bits per heavy atom. The molecule has 0 fully saturated rings. The Bertz CT molecular complexity index is 907. The van der Waals surface area contributed by atoms with E-state index in [0.717, 1.165) is 22.0 Å². The Kier molecular flexibility index (Phi) is 2.36. The van der Waals surface area contributed by atoms with Gasteiger partial charge in [-0.25, -0.2) is 4.39 Å². The standard InChI is InChI=1S/C18H12FN/c19-16-11-6-10-15-14-9-4-5-12-17(14)20(18(15)16)13-7-2-1-3-8-13/h1-12H. The molecule has 20 heavy (non-hydrogen) atoms. The largest absolute Gasteiger partial charge is 0.307 e. The summed E-state index contributed by atoms with van der Waals surface area (Å²) >= 11 is 0. The third-order valence-electron chi connectivity index (χ3n) is 3.66. The van der Waals surface area contributed by atoms with Gasteiger partial charge in [0.25, 0.3) is 0 Å². The summed E-state index contributed by atoms with van der Waals surface area (Å²) < 4.78 is 16.3. The lowest BCUT2D eigenvalue weighted by Crippen LogP contribution is -1.94. The van der Waals surface area contributed by atoms with E-state index in [-0.39, 0.29) is 5.82 Å². The van der Waals surface area contributed by atoms with Crippen molar-refractivity contribution in [2.75, 3.05) is 0 Å². The molecule has 0 aliphatic carbocycles. The van der Waals surface area contributed by atoms with Gasteiger partial charge in [0, 0.05) is 16.5 Å². The molecular formula is C18H12FN. The molecule has 3 aromatic carbocycles. The van der Waals surface area contributed by atoms with E-state index in [0.29, 0.717) is 5.52 Å². The quantitative estimate of drug-likeness (QED) is 0.458. The van der Waals surface area contributed by atoms with Gasteiger partial charge >= 0.3 is 0 Å². The predicted molar refractivity (Wildman–Crippen MR) is 80.7 cm³/mol. The molecule has 1 heterocycles. The molecule has 0 N–H and O–H groups in total. The van der Waals surface area contributed by atoms with E-state index >= 15 is 0 Å². The average molecular weight is 261 g/mol. The molecule has 4 rings (SSSR count). The number of hydrogen-bond acceptors (Lipinski definition) is 0. The van der Waals surface area contributed by atoms with Gasteiger partial charge in [0.05, 0.1) is 11.0 Å². The van der Waals surface area contributed by atoms with Crippen LogP contribution < -0.4 is 0 Å². The summed E-state index contributed by atoms with van der Waals surface area (Å²) in [5.41, 5.74) is 2.64. The van der Waals surface area contributed by atoms with Crippen LogP contribution in [0.3, 0.4) is 0 Å². The highest BCUT2D eigenvalue weighted by molar-refractivity contribution is 6.09. The minimum absolute atomic E-state index is 0.192. The number of para-hydroxylation sites is 3. The van der Waals surface area contributed by atoms with Crippen LogP contribution >= 0.6 is 0 Å². The maximum atomic E-state index is 14.3. The Balaban J connectivity index is 2.27. The number of benzene rings is 3. The molecule has 0 unspecified atom stereocenters. The van der Waals surface area contributed by atoms with Crippen LogP contribution in [0, 0.1) is 5.82 Å². The molecule has 1 nitrogen and oxygen atoms in total. The number of fused-ring (bicyclic) bond motifs is 3. The second-order valence-electron chi connectivity index (χ2n) is 4.82. The fourth-order valence-electron chi connectivity index (χ4n) is 2.82. The van der Waals surface area contributed by atoms with Crippen molar-refractivity contribution in [3.63, 3.8) is 0 Å². The number of rotatable bonds is 1. The van der Waals surface area contributed by atoms with Gasteiger partial charge < -0.3 is 4.57 Å². The molecule has 0 aliphatic rings. The third kappa shape index (κ3) is 1.48. The molecule has 96 valence electrons. The minimum Gasteiger partial charge on any atom is -0.307 e. The van der Waals surface area contributed by atoms with E-state index in [1.54, 1.807) is 6.07 Å². The topological polar surface area (TPSA) is 4.93 Å². The van der Waals surface area contributed by atoms with E-state index in [2.05, 4.69) is 0 Å². The van der Waals surface area contributed by atoms with Crippen LogP contribution in [0.15, 0.2) is 72.8 Å². The third-order valence-corrected chi connectivity index (χ3v) is 3.66. The van der Waals surface area contributed by atoms with E-state index < -0.39 is 0 Å². The number of nitrogens with zero attached hydrogens (tertiary/aromatic N) is 1. The zero-order valence-corrected chi connectivity index (χ0v) is 10.8. The summed E-state index contributed by atoms with van der Waals surface area (Å²) in [4.78, 5) is 0. The molecule has 0 amide bonds. The lowest BCUT2D eigenvalue weighted by Gasteiger charge is -2.07. The highest BCUT2D eigenvalue weighted by Gasteiger charge is 2.14. The second kappa shape index (κ2) is 4.20. The fourth-order valence-corrected chi connectivity index (χ4v) is 2.82. The Morgan fingerprint density at radius 2 is 1.35 bits per heavy atom. The van der Waals surface area contributed by atoms with Crippen molar-refractivity contribution < 1.29 is 4.39 Å². The van der Waals surface area contributed by atoms with Crippen LogP contribution in [0.25, 0.3) is 27.5 Å². The molecule has 0 saturated carbocycles. The summed E-state index contributed by atoms with van der Waals surface area (Å²) in [6, 6.07) is 23.2. The molecule has 4 aromatic rings. The van der Waals surface area contributed by atoms with Crippen LogP contribution in [0.2, 0.25) is 0 Å². The Morgan fingerprint density at radius 1 is 0.650 bits per heavy atom. The van der Waals surface area contributed by atoms with Gasteiger partial charge in [-0.15, -0.1) is 0 Å². The van der Waals surface area contributed by atoms with Gasteiger partial charge in [-0.3, -0.25) is 0 Å². The van der Waals surface area contributed by atoms with Crippen LogP contribution in [-0.2, 0) is 0 Å². The number of halogens is 1. The monoisotopic (exact) mass is 261 g/mol. The van der Waals surface area contributed by atoms with Gasteiger partial charge in [-0.1, -0.05) is 48.5 Å². The molecule has 0 spiro atoms. The van der Waals surface area contributed by atoms with Gasteiger partial charge in [-0.05, 0) is 24.3 Å². The predicted octanol–water partition coefficient (Wildman–Crippen LogP) is 4.92. The molecule has 1 aromatic heterocycles. The van der Waals surface area contributed by atoms with Crippen molar-refractivity contribution in [3.05, 3.63) is 78.6 Å². The molecule has 0 aliphatic heterocycles. The molecule has 0 bridgehead atoms. The van der Waals surface area contributed by atoms with Crippen molar-refractivity contribution >= 4 is 21.8 Å². The first-order valence-corrected chi connectivity index (χ1v) is 6.59. The molecule has 0 atom stereocenters. The lowest BCUT2D eigenvalue weighted by atomic mass is 10.1. The molecule has 0 saturated heterocycles. The van der Waals surface area contributed by atoms with E-state index in [1.165, 1.54) is 6.07 Å². The smallest absolute Gasteiger partial charge is 0.147 e. The summed E-state index contributed by atoms with van der Waals surface area (Å²) in [5, 5.41) is 2.02. The molecule has 0 radical (unpaired) electrons. The summed E-state index contributed by atoms with van der Waals surface area (Å²) in [5.74, 6) is -0.192. The van der Waals surface area contributed by atoms with Crippen molar-refractivity contribution in [3.8, 4) is 5.69 Å². The summed E-state index contributed by atoms with van der Waals surface area (Å²) in [6.07, 6.45) is 0. The normalized spacial score (nSPS) is 11.2. The summed E-state index contributed by atoms with van der Waals surface area (Å²) in [7, 11) is 0. The van der Waals surface area contributed by atoms with Crippen LogP contribution in [-0.4, -0.2) is 4.57 Å². The first-order chi connectivity index (χ1) is 9.86. The molecular weight excluding hydrogens is 249 g/mol. The number of aromatic nitrogens is 1. The van der Waals surface area contributed by atoms with Crippen molar-refractivity contribution in [2.45, 2.75) is 0 Å². The van der Waals surface area contributed by atoms with E-state index in [1.807, 2.05) is 65.2 Å². The summed E-state index contributed by atoms with van der Waals surface area (Å²) in [6.45, 7) is 0. The fraction of sp³-hybridized carbons (Fsp3) is 0. The van der Waals surface area contributed by atoms with Crippen LogP contribution in [0.5, 0.6) is 0 Å². The van der Waals surface area contributed by atoms with Gasteiger partial charge in [0.15, 0.2) is 0 Å². The average Bonchev–Trinajstić information content (AvgIpc) is 2.84. The Hall–Kier alpha value is -2.61. The second-order valence-corrected chi connectivity index (χ2v) is 4.82. The van der Waals surface area contributed by atoms with Crippen molar-refractivity contribution in [2.24, 2.45) is 0 Å². The SMILES string of the molecule is Fc1cccc2c3ccccc3n(-c3ccccc3)c12. The lowest BCUT2D eigenvalue weighted by molar-refractivity contribution is 0.635. The van der Waals surface area contributed by atoms with Gasteiger partial charge in [0.1, 0.15) is 5.82 Å². The van der Waals surface area contributed by atoms with Crippen LogP contribution in [0.1, 0.15) is 0 Å². The Labute approximate surface area is 115 Å². The zero-order valence-electron chi connectivity index (χ0n) is 10.8. The maximum absolute atomic E-state index is 14.3. The first-order valence-electron chi connectivity index (χ1n) is 6.59. The van der Waals surface area contributed by atoms with E-state index in [4.69, 9.17) is 0 Å². The van der Waals surface area contributed by atoms with Crippen LogP contribution in [0.4, 0.5) is 4.39 Å². The highest BCUT2D eigenvalue weighted by atomic mass is 19.1. The van der Waals surface area contributed by atoms with Crippen molar-refractivity contribution in [1.82, 2.24) is 4.57 Å². The van der Waals surface area contributed by atoms with Gasteiger partial charge in [-0.2, -0.15) is 0 Å².